The third-order valence-corrected chi connectivity index (χ3v) is 3.78. The van der Waals surface area contributed by atoms with Crippen LogP contribution in [-0.2, 0) is 6.42 Å². The molecule has 1 aromatic carbocycles. The van der Waals surface area contributed by atoms with Gasteiger partial charge in [-0.05, 0) is 50.0 Å². The second-order valence-corrected chi connectivity index (χ2v) is 5.70. The van der Waals surface area contributed by atoms with E-state index in [0.29, 0.717) is 0 Å². The first kappa shape index (κ1) is 18.5. The predicted molar refractivity (Wildman–Crippen MR) is 94.5 cm³/mol. The number of carbonyl (C=O) groups is 1. The SMILES string of the molecule is CCCCN(CCCC)CCc1cccc(NC(=O)NC)c1. The first-order chi connectivity index (χ1) is 10.7. The minimum Gasteiger partial charge on any atom is -0.341 e. The number of hydrogen-bond donors (Lipinski definition) is 2. The van der Waals surface area contributed by atoms with E-state index in [4.69, 9.17) is 0 Å². The lowest BCUT2D eigenvalue weighted by Gasteiger charge is -2.22. The molecule has 0 bridgehead atoms. The van der Waals surface area contributed by atoms with Crippen LogP contribution >= 0.6 is 0 Å². The molecule has 2 amide bonds. The van der Waals surface area contributed by atoms with E-state index in [9.17, 15) is 4.79 Å². The van der Waals surface area contributed by atoms with Gasteiger partial charge in [0.1, 0.15) is 0 Å². The highest BCUT2D eigenvalue weighted by Gasteiger charge is 2.05. The van der Waals surface area contributed by atoms with Crippen molar-refractivity contribution >= 4 is 11.7 Å². The molecule has 1 aromatic rings. The quantitative estimate of drug-likeness (QED) is 0.689. The normalized spacial score (nSPS) is 10.7. The van der Waals surface area contributed by atoms with Crippen LogP contribution in [0.5, 0.6) is 0 Å². The molecule has 0 saturated heterocycles. The molecule has 22 heavy (non-hydrogen) atoms. The van der Waals surface area contributed by atoms with E-state index in [0.717, 1.165) is 18.7 Å². The summed E-state index contributed by atoms with van der Waals surface area (Å²) >= 11 is 0. The Morgan fingerprint density at radius 3 is 2.36 bits per heavy atom. The molecule has 0 heterocycles. The molecular formula is C18H31N3O. The zero-order chi connectivity index (χ0) is 16.2. The minimum atomic E-state index is -0.176. The molecule has 0 saturated carbocycles. The smallest absolute Gasteiger partial charge is 0.318 e. The van der Waals surface area contributed by atoms with Crippen LogP contribution in [-0.4, -0.2) is 37.6 Å². The number of nitrogens with one attached hydrogen (secondary N) is 2. The van der Waals surface area contributed by atoms with Gasteiger partial charge in [0.05, 0.1) is 0 Å². The predicted octanol–water partition coefficient (Wildman–Crippen LogP) is 3.88. The van der Waals surface area contributed by atoms with Crippen LogP contribution in [0.4, 0.5) is 10.5 Å². The summed E-state index contributed by atoms with van der Waals surface area (Å²) in [5, 5.41) is 5.40. The molecule has 124 valence electrons. The second kappa shape index (κ2) is 11.1. The molecule has 0 fully saturated rings. The van der Waals surface area contributed by atoms with Crippen LogP contribution in [0.25, 0.3) is 0 Å². The van der Waals surface area contributed by atoms with Crippen molar-refractivity contribution in [1.82, 2.24) is 10.2 Å². The number of carbonyl (C=O) groups excluding carboxylic acids is 1. The molecule has 0 aliphatic heterocycles. The van der Waals surface area contributed by atoms with Crippen molar-refractivity contribution in [2.24, 2.45) is 0 Å². The van der Waals surface area contributed by atoms with Crippen LogP contribution in [0, 0.1) is 0 Å². The monoisotopic (exact) mass is 305 g/mol. The van der Waals surface area contributed by atoms with Crippen molar-refractivity contribution in [3.63, 3.8) is 0 Å². The van der Waals surface area contributed by atoms with Crippen LogP contribution in [0.1, 0.15) is 45.1 Å². The zero-order valence-corrected chi connectivity index (χ0v) is 14.3. The first-order valence-corrected chi connectivity index (χ1v) is 8.49. The number of hydrogen-bond acceptors (Lipinski definition) is 2. The topological polar surface area (TPSA) is 44.4 Å². The van der Waals surface area contributed by atoms with E-state index in [2.05, 4.69) is 41.5 Å². The average Bonchev–Trinajstić information content (AvgIpc) is 2.54. The second-order valence-electron chi connectivity index (χ2n) is 5.70. The summed E-state index contributed by atoms with van der Waals surface area (Å²) in [4.78, 5) is 13.9. The Labute approximate surface area is 135 Å². The van der Waals surface area contributed by atoms with E-state index >= 15 is 0 Å². The molecule has 0 atom stereocenters. The maximum Gasteiger partial charge on any atom is 0.318 e. The summed E-state index contributed by atoms with van der Waals surface area (Å²) in [6.45, 7) is 7.95. The highest BCUT2D eigenvalue weighted by molar-refractivity contribution is 5.89. The van der Waals surface area contributed by atoms with Gasteiger partial charge in [-0.1, -0.05) is 38.8 Å². The third-order valence-electron chi connectivity index (χ3n) is 3.78. The fourth-order valence-corrected chi connectivity index (χ4v) is 2.38. The molecule has 0 unspecified atom stereocenters. The molecule has 0 aliphatic carbocycles. The molecule has 0 aromatic heterocycles. The highest BCUT2D eigenvalue weighted by Crippen LogP contribution is 2.12. The number of anilines is 1. The molecule has 0 spiro atoms. The number of nitrogens with zero attached hydrogens (tertiary/aromatic N) is 1. The number of rotatable bonds is 10. The molecule has 0 radical (unpaired) electrons. The van der Waals surface area contributed by atoms with Crippen molar-refractivity contribution in [3.05, 3.63) is 29.8 Å². The molecule has 4 heteroatoms. The summed E-state index contributed by atoms with van der Waals surface area (Å²) in [5.74, 6) is 0. The summed E-state index contributed by atoms with van der Waals surface area (Å²) in [6, 6.07) is 7.94. The van der Waals surface area contributed by atoms with Gasteiger partial charge >= 0.3 is 6.03 Å². The van der Waals surface area contributed by atoms with Gasteiger partial charge in [0, 0.05) is 19.3 Å². The maximum atomic E-state index is 11.4. The largest absolute Gasteiger partial charge is 0.341 e. The van der Waals surface area contributed by atoms with E-state index in [1.807, 2.05) is 12.1 Å². The summed E-state index contributed by atoms with van der Waals surface area (Å²) in [7, 11) is 1.62. The summed E-state index contributed by atoms with van der Waals surface area (Å²) < 4.78 is 0. The maximum absolute atomic E-state index is 11.4. The van der Waals surface area contributed by atoms with Crippen molar-refractivity contribution in [3.8, 4) is 0 Å². The van der Waals surface area contributed by atoms with Crippen LogP contribution < -0.4 is 10.6 Å². The minimum absolute atomic E-state index is 0.176. The lowest BCUT2D eigenvalue weighted by Crippen LogP contribution is -2.28. The molecular weight excluding hydrogens is 274 g/mol. The lowest BCUT2D eigenvalue weighted by atomic mass is 10.1. The van der Waals surface area contributed by atoms with Crippen molar-refractivity contribution in [2.75, 3.05) is 32.0 Å². The Kier molecular flexibility index (Phi) is 9.31. The lowest BCUT2D eigenvalue weighted by molar-refractivity contribution is 0.254. The van der Waals surface area contributed by atoms with Gasteiger partial charge in [-0.3, -0.25) is 0 Å². The van der Waals surface area contributed by atoms with E-state index < -0.39 is 0 Å². The van der Waals surface area contributed by atoms with Gasteiger partial charge in [0.15, 0.2) is 0 Å². The number of benzene rings is 1. The zero-order valence-electron chi connectivity index (χ0n) is 14.3. The summed E-state index contributed by atoms with van der Waals surface area (Å²) in [6.07, 6.45) is 6.04. The van der Waals surface area contributed by atoms with E-state index in [-0.39, 0.29) is 6.03 Å². The summed E-state index contributed by atoms with van der Waals surface area (Å²) in [5.41, 5.74) is 2.12. The Bertz CT molecular complexity index is 426. The van der Waals surface area contributed by atoms with E-state index in [1.54, 1.807) is 7.05 Å². The van der Waals surface area contributed by atoms with Gasteiger partial charge in [-0.2, -0.15) is 0 Å². The Morgan fingerprint density at radius 1 is 1.09 bits per heavy atom. The number of unbranched alkanes of at least 4 members (excludes halogenated alkanes) is 2. The Morgan fingerprint density at radius 2 is 1.77 bits per heavy atom. The van der Waals surface area contributed by atoms with Gasteiger partial charge in [0.25, 0.3) is 0 Å². The number of amides is 2. The van der Waals surface area contributed by atoms with Crippen LogP contribution in [0.15, 0.2) is 24.3 Å². The Hall–Kier alpha value is -1.55. The van der Waals surface area contributed by atoms with Gasteiger partial charge in [-0.15, -0.1) is 0 Å². The molecule has 0 aliphatic rings. The first-order valence-electron chi connectivity index (χ1n) is 8.49. The molecule has 4 nitrogen and oxygen atoms in total. The van der Waals surface area contributed by atoms with Crippen molar-refractivity contribution in [1.29, 1.82) is 0 Å². The highest BCUT2D eigenvalue weighted by atomic mass is 16.2. The van der Waals surface area contributed by atoms with Gasteiger partial charge in [0.2, 0.25) is 0 Å². The standard InChI is InChI=1S/C18H31N3O/c1-4-6-12-21(13-7-5-2)14-11-16-9-8-10-17(15-16)20-18(22)19-3/h8-10,15H,4-7,11-14H2,1-3H3,(H2,19,20,22). The van der Waals surface area contributed by atoms with Crippen molar-refractivity contribution in [2.45, 2.75) is 46.0 Å². The van der Waals surface area contributed by atoms with Gasteiger partial charge in [-0.25, -0.2) is 4.79 Å². The van der Waals surface area contributed by atoms with E-state index in [1.165, 1.54) is 44.3 Å². The van der Waals surface area contributed by atoms with Gasteiger partial charge < -0.3 is 15.5 Å². The fourth-order valence-electron chi connectivity index (χ4n) is 2.38. The van der Waals surface area contributed by atoms with Crippen LogP contribution in [0.3, 0.4) is 0 Å². The molecule has 1 rings (SSSR count). The van der Waals surface area contributed by atoms with Crippen LogP contribution in [0.2, 0.25) is 0 Å². The molecule has 2 N–H and O–H groups in total. The third kappa shape index (κ3) is 7.46. The average molecular weight is 305 g/mol. The fraction of sp³-hybridized carbons (Fsp3) is 0.611. The Balaban J connectivity index is 2.52. The van der Waals surface area contributed by atoms with Crippen molar-refractivity contribution < 1.29 is 4.79 Å². The number of urea groups is 1.